The van der Waals surface area contributed by atoms with E-state index in [0.717, 1.165) is 16.7 Å². The molecule has 0 aliphatic heterocycles. The molecule has 0 saturated carbocycles. The first-order chi connectivity index (χ1) is 15.9. The second-order valence-corrected chi connectivity index (χ2v) is 8.41. The van der Waals surface area contributed by atoms with Crippen molar-refractivity contribution in [2.24, 2.45) is 0 Å². The summed E-state index contributed by atoms with van der Waals surface area (Å²) >= 11 is 0. The number of amides is 1. The summed E-state index contributed by atoms with van der Waals surface area (Å²) in [6.45, 7) is 3.29. The molecule has 1 amide bonds. The lowest BCUT2D eigenvalue weighted by Gasteiger charge is -2.31. The highest BCUT2D eigenvalue weighted by Crippen LogP contribution is 2.26. The zero-order chi connectivity index (χ0) is 23.8. The van der Waals surface area contributed by atoms with Gasteiger partial charge in [-0.25, -0.2) is 0 Å². The van der Waals surface area contributed by atoms with Gasteiger partial charge in [-0.2, -0.15) is 0 Å². The highest BCUT2D eigenvalue weighted by atomic mass is 16.5. The monoisotopic (exact) mass is 452 g/mol. The first-order valence-electron chi connectivity index (χ1n) is 11.4. The second-order valence-electron chi connectivity index (χ2n) is 8.41. The van der Waals surface area contributed by atoms with Gasteiger partial charge in [0, 0.05) is 6.04 Å². The van der Waals surface area contributed by atoms with E-state index in [2.05, 4.69) is 5.32 Å². The predicted octanol–water partition coefficient (Wildman–Crippen LogP) is 2.61. The molecule has 2 atom stereocenters. The second kappa shape index (κ2) is 11.6. The lowest BCUT2D eigenvalue weighted by atomic mass is 10.0. The van der Waals surface area contributed by atoms with Gasteiger partial charge in [0.05, 0.1) is 12.6 Å². The number of carboxylic acids is 1. The maximum atomic E-state index is 13.4. The van der Waals surface area contributed by atoms with Crippen LogP contribution in [0.15, 0.2) is 54.6 Å². The number of ether oxygens (including phenoxy) is 1. The van der Waals surface area contributed by atoms with E-state index in [1.807, 2.05) is 54.6 Å². The molecule has 33 heavy (non-hydrogen) atoms. The van der Waals surface area contributed by atoms with Crippen LogP contribution in [0, 0.1) is 0 Å². The Balaban J connectivity index is 1.70. The molecule has 2 aromatic carbocycles. The molecular formula is C26H32N2O5. The van der Waals surface area contributed by atoms with Gasteiger partial charge in [-0.05, 0) is 56.2 Å². The lowest BCUT2D eigenvalue weighted by Crippen LogP contribution is -2.54. The zero-order valence-electron chi connectivity index (χ0n) is 19.2. The van der Waals surface area contributed by atoms with Crippen molar-refractivity contribution >= 4 is 17.8 Å². The van der Waals surface area contributed by atoms with E-state index in [0.29, 0.717) is 25.7 Å². The number of esters is 1. The van der Waals surface area contributed by atoms with Crippen LogP contribution < -0.4 is 5.32 Å². The van der Waals surface area contributed by atoms with Crippen molar-refractivity contribution in [3.63, 3.8) is 0 Å². The predicted molar refractivity (Wildman–Crippen MR) is 125 cm³/mol. The zero-order valence-corrected chi connectivity index (χ0v) is 19.2. The maximum absolute atomic E-state index is 13.4. The number of nitrogens with zero attached hydrogens (tertiary/aromatic N) is 1. The number of fused-ring (bicyclic) bond motifs is 1. The Kier molecular flexibility index (Phi) is 8.60. The minimum absolute atomic E-state index is 0.222. The number of carbonyl (C=O) groups is 3. The van der Waals surface area contributed by atoms with Gasteiger partial charge in [0.1, 0.15) is 12.6 Å². The summed E-state index contributed by atoms with van der Waals surface area (Å²) in [5, 5.41) is 12.6. The van der Waals surface area contributed by atoms with Gasteiger partial charge < -0.3 is 14.7 Å². The maximum Gasteiger partial charge on any atom is 0.323 e. The number of aryl methyl sites for hydroxylation is 1. The number of hydrogen-bond acceptors (Lipinski definition) is 5. The largest absolute Gasteiger partial charge is 0.480 e. The molecule has 0 bridgehead atoms. The SMILES string of the molecule is CCOC(=O)C(CCc1ccccc1)N[C@@H](C)C(=O)N(CC(=O)O)C1Cc2ccccc2C1. The quantitative estimate of drug-likeness (QED) is 0.509. The third-order valence-electron chi connectivity index (χ3n) is 6.02. The summed E-state index contributed by atoms with van der Waals surface area (Å²) in [4.78, 5) is 38.9. The molecule has 7 heteroatoms. The first kappa shape index (κ1) is 24.5. The van der Waals surface area contributed by atoms with Gasteiger partial charge in [0.25, 0.3) is 0 Å². The Labute approximate surface area is 194 Å². The summed E-state index contributed by atoms with van der Waals surface area (Å²) in [5.74, 6) is -1.80. The van der Waals surface area contributed by atoms with Crippen LogP contribution in [0.25, 0.3) is 0 Å². The summed E-state index contributed by atoms with van der Waals surface area (Å²) in [7, 11) is 0. The molecule has 1 aliphatic rings. The number of nitrogens with one attached hydrogen (secondary N) is 1. The average Bonchev–Trinajstić information content (AvgIpc) is 3.24. The van der Waals surface area contributed by atoms with Gasteiger partial charge >= 0.3 is 11.9 Å². The fourth-order valence-electron chi connectivity index (χ4n) is 4.38. The molecule has 2 N–H and O–H groups in total. The summed E-state index contributed by atoms with van der Waals surface area (Å²) in [5.41, 5.74) is 3.36. The third kappa shape index (κ3) is 6.65. The van der Waals surface area contributed by atoms with Crippen molar-refractivity contribution in [3.05, 3.63) is 71.3 Å². The Morgan fingerprint density at radius 1 is 1.06 bits per heavy atom. The Morgan fingerprint density at radius 3 is 2.24 bits per heavy atom. The minimum atomic E-state index is -1.06. The van der Waals surface area contributed by atoms with Gasteiger partial charge in [-0.3, -0.25) is 19.7 Å². The minimum Gasteiger partial charge on any atom is -0.480 e. The highest BCUT2D eigenvalue weighted by Gasteiger charge is 2.34. The Bertz CT molecular complexity index is 937. The highest BCUT2D eigenvalue weighted by molar-refractivity contribution is 5.86. The van der Waals surface area contributed by atoms with Crippen LogP contribution in [0.2, 0.25) is 0 Å². The third-order valence-corrected chi connectivity index (χ3v) is 6.02. The molecule has 2 aromatic rings. The molecule has 0 fully saturated rings. The van der Waals surface area contributed by atoms with Crippen molar-refractivity contribution in [2.45, 2.75) is 57.7 Å². The van der Waals surface area contributed by atoms with Crippen molar-refractivity contribution in [2.75, 3.05) is 13.2 Å². The van der Waals surface area contributed by atoms with Gasteiger partial charge in [0.15, 0.2) is 0 Å². The van der Waals surface area contributed by atoms with E-state index in [9.17, 15) is 19.5 Å². The Hall–Kier alpha value is -3.19. The van der Waals surface area contributed by atoms with Crippen molar-refractivity contribution < 1.29 is 24.2 Å². The number of rotatable bonds is 11. The molecule has 0 spiro atoms. The van der Waals surface area contributed by atoms with Crippen LogP contribution in [-0.4, -0.2) is 59.1 Å². The van der Waals surface area contributed by atoms with E-state index in [4.69, 9.17) is 4.74 Å². The van der Waals surface area contributed by atoms with Crippen molar-refractivity contribution in [3.8, 4) is 0 Å². The van der Waals surface area contributed by atoms with E-state index < -0.39 is 24.0 Å². The normalized spacial score (nSPS) is 14.8. The molecule has 176 valence electrons. The van der Waals surface area contributed by atoms with Crippen molar-refractivity contribution in [1.29, 1.82) is 0 Å². The fourth-order valence-corrected chi connectivity index (χ4v) is 4.38. The van der Waals surface area contributed by atoms with E-state index in [1.54, 1.807) is 13.8 Å². The van der Waals surface area contributed by atoms with E-state index in [-0.39, 0.29) is 25.1 Å². The standard InChI is InChI=1S/C26H32N2O5/c1-3-33-26(32)23(14-13-19-9-5-4-6-10-19)27-18(2)25(31)28(17-24(29)30)22-15-20-11-7-8-12-21(20)16-22/h4-12,18,22-23,27H,3,13-17H2,1-2H3,(H,29,30)/t18-,23?/m0/s1. The summed E-state index contributed by atoms with van der Waals surface area (Å²) in [6, 6.07) is 16.1. The van der Waals surface area contributed by atoms with Crippen LogP contribution in [0.1, 0.15) is 37.0 Å². The number of aliphatic carboxylic acids is 1. The number of hydrogen-bond donors (Lipinski definition) is 2. The molecule has 0 heterocycles. The molecule has 3 rings (SSSR count). The number of carbonyl (C=O) groups excluding carboxylic acids is 2. The molecule has 0 saturated heterocycles. The lowest BCUT2D eigenvalue weighted by molar-refractivity contribution is -0.149. The first-order valence-corrected chi connectivity index (χ1v) is 11.4. The molecule has 1 unspecified atom stereocenters. The van der Waals surface area contributed by atoms with Crippen LogP contribution in [-0.2, 0) is 38.4 Å². The summed E-state index contributed by atoms with van der Waals surface area (Å²) in [6.07, 6.45) is 2.36. The number of benzene rings is 2. The van der Waals surface area contributed by atoms with Crippen molar-refractivity contribution in [1.82, 2.24) is 10.2 Å². The molecule has 0 aromatic heterocycles. The van der Waals surface area contributed by atoms with Crippen LogP contribution >= 0.6 is 0 Å². The fraction of sp³-hybridized carbons (Fsp3) is 0.423. The Morgan fingerprint density at radius 2 is 1.67 bits per heavy atom. The molecular weight excluding hydrogens is 420 g/mol. The van der Waals surface area contributed by atoms with Gasteiger partial charge in [0.2, 0.25) is 5.91 Å². The van der Waals surface area contributed by atoms with Crippen LogP contribution in [0.4, 0.5) is 0 Å². The van der Waals surface area contributed by atoms with E-state index in [1.165, 1.54) is 4.90 Å². The number of carboxylic acid groups (broad SMARTS) is 1. The average molecular weight is 453 g/mol. The van der Waals surface area contributed by atoms with Gasteiger partial charge in [-0.15, -0.1) is 0 Å². The topological polar surface area (TPSA) is 95.9 Å². The molecule has 1 aliphatic carbocycles. The van der Waals surface area contributed by atoms with E-state index >= 15 is 0 Å². The summed E-state index contributed by atoms with van der Waals surface area (Å²) < 4.78 is 5.22. The molecule has 7 nitrogen and oxygen atoms in total. The van der Waals surface area contributed by atoms with Crippen LogP contribution in [0.3, 0.4) is 0 Å². The van der Waals surface area contributed by atoms with Crippen LogP contribution in [0.5, 0.6) is 0 Å². The molecule has 0 radical (unpaired) electrons. The van der Waals surface area contributed by atoms with Gasteiger partial charge in [-0.1, -0.05) is 54.6 Å². The smallest absolute Gasteiger partial charge is 0.323 e.